The lowest BCUT2D eigenvalue weighted by Crippen LogP contribution is -2.35. The zero-order valence-corrected chi connectivity index (χ0v) is 14.8. The van der Waals surface area contributed by atoms with Crippen LogP contribution in [0.1, 0.15) is 41.5 Å². The van der Waals surface area contributed by atoms with E-state index < -0.39 is 0 Å². The topological polar surface area (TPSA) is 48.4 Å². The molecule has 2 aliphatic rings. The van der Waals surface area contributed by atoms with E-state index in [1.54, 1.807) is 0 Å². The fourth-order valence-corrected chi connectivity index (χ4v) is 4.39. The number of aliphatic hydroxyl groups excluding tert-OH is 1. The molecule has 2 heterocycles. The van der Waals surface area contributed by atoms with Crippen molar-refractivity contribution in [2.45, 2.75) is 38.1 Å². The van der Waals surface area contributed by atoms with E-state index >= 15 is 0 Å². The van der Waals surface area contributed by atoms with Crippen molar-refractivity contribution in [2.75, 3.05) is 29.9 Å². The van der Waals surface area contributed by atoms with Crippen molar-refractivity contribution in [3.8, 4) is 0 Å². The summed E-state index contributed by atoms with van der Waals surface area (Å²) in [6, 6.07) is 8.56. The van der Waals surface area contributed by atoms with Gasteiger partial charge in [-0.2, -0.15) is 0 Å². The van der Waals surface area contributed by atoms with Crippen molar-refractivity contribution in [2.24, 2.45) is 5.92 Å². The average Bonchev–Trinajstić information content (AvgIpc) is 3.39. The van der Waals surface area contributed by atoms with Crippen molar-refractivity contribution in [3.63, 3.8) is 0 Å². The summed E-state index contributed by atoms with van der Waals surface area (Å²) >= 11 is 1.85. The second-order valence-electron chi connectivity index (χ2n) is 6.92. The molecule has 2 N–H and O–H groups in total. The lowest BCUT2D eigenvalue weighted by molar-refractivity contribution is 0.203. The molecule has 2 fully saturated rings. The number of piperidine rings is 1. The monoisotopic (exact) mass is 343 g/mol. The number of nitrogens with zero attached hydrogens (tertiary/aromatic N) is 2. The number of thiazole rings is 1. The molecule has 2 aromatic rings. The number of aliphatic hydroxyl groups is 1. The molecule has 1 aromatic heterocycles. The van der Waals surface area contributed by atoms with Crippen LogP contribution in [0, 0.1) is 5.92 Å². The van der Waals surface area contributed by atoms with Gasteiger partial charge in [-0.25, -0.2) is 4.98 Å². The van der Waals surface area contributed by atoms with Crippen LogP contribution in [0.4, 0.5) is 11.4 Å². The molecular weight excluding hydrogens is 318 g/mol. The van der Waals surface area contributed by atoms with Crippen molar-refractivity contribution >= 4 is 22.7 Å². The third-order valence-corrected chi connectivity index (χ3v) is 6.23. The Hall–Kier alpha value is -1.59. The first kappa shape index (κ1) is 15.9. The maximum atomic E-state index is 9.32. The van der Waals surface area contributed by atoms with E-state index in [1.165, 1.54) is 34.1 Å². The van der Waals surface area contributed by atoms with E-state index in [2.05, 4.69) is 39.5 Å². The van der Waals surface area contributed by atoms with Gasteiger partial charge in [0.1, 0.15) is 0 Å². The summed E-state index contributed by atoms with van der Waals surface area (Å²) in [5.41, 5.74) is 2.47. The molecule has 0 atom stereocenters. The summed E-state index contributed by atoms with van der Waals surface area (Å²) in [5, 5.41) is 14.2. The van der Waals surface area contributed by atoms with Crippen LogP contribution in [0.25, 0.3) is 0 Å². The first-order valence-corrected chi connectivity index (χ1v) is 9.78. The molecule has 5 heteroatoms. The number of aromatic nitrogens is 1. The summed E-state index contributed by atoms with van der Waals surface area (Å²) in [7, 11) is 0. The fraction of sp³-hybridized carbons (Fsp3) is 0.526. The highest BCUT2D eigenvalue weighted by Gasteiger charge is 2.26. The Labute approximate surface area is 147 Å². The van der Waals surface area contributed by atoms with Crippen LogP contribution in [0.5, 0.6) is 0 Å². The first-order valence-electron chi connectivity index (χ1n) is 8.97. The molecule has 1 saturated carbocycles. The van der Waals surface area contributed by atoms with Crippen LogP contribution in [0.3, 0.4) is 0 Å². The van der Waals surface area contributed by atoms with E-state index in [9.17, 15) is 5.11 Å². The third-order valence-electron chi connectivity index (χ3n) is 5.07. The largest absolute Gasteiger partial charge is 0.396 e. The van der Waals surface area contributed by atoms with Crippen molar-refractivity contribution in [3.05, 3.63) is 40.3 Å². The number of hydrogen-bond donors (Lipinski definition) is 2. The van der Waals surface area contributed by atoms with Crippen molar-refractivity contribution in [1.82, 2.24) is 4.98 Å². The van der Waals surface area contributed by atoms with Crippen LogP contribution in [-0.4, -0.2) is 29.8 Å². The molecular formula is C19H25N3OS. The SMILES string of the molecule is OCC1CCN(c2ccccc2NCc2cnc(C3CC3)s2)CC1. The van der Waals surface area contributed by atoms with Gasteiger partial charge in [-0.05, 0) is 43.7 Å². The van der Waals surface area contributed by atoms with Gasteiger partial charge in [0.15, 0.2) is 0 Å². The second-order valence-corrected chi connectivity index (χ2v) is 8.07. The van der Waals surface area contributed by atoms with Gasteiger partial charge < -0.3 is 15.3 Å². The van der Waals surface area contributed by atoms with Gasteiger partial charge in [0.25, 0.3) is 0 Å². The fourth-order valence-electron chi connectivity index (χ4n) is 3.36. The Balaban J connectivity index is 1.41. The molecule has 4 rings (SSSR count). The summed E-state index contributed by atoms with van der Waals surface area (Å²) in [5.74, 6) is 1.21. The average molecular weight is 343 g/mol. The highest BCUT2D eigenvalue weighted by Crippen LogP contribution is 2.42. The Morgan fingerprint density at radius 1 is 1.17 bits per heavy atom. The standard InChI is InChI=1S/C19H25N3OS/c23-13-14-7-9-22(10-8-14)18-4-2-1-3-17(18)20-11-16-12-21-19(24-16)15-5-6-15/h1-4,12,14-15,20,23H,5-11,13H2. The Kier molecular flexibility index (Phi) is 4.72. The van der Waals surface area contributed by atoms with Crippen molar-refractivity contribution < 1.29 is 5.11 Å². The second kappa shape index (κ2) is 7.11. The summed E-state index contributed by atoms with van der Waals surface area (Å²) < 4.78 is 0. The molecule has 0 bridgehead atoms. The highest BCUT2D eigenvalue weighted by molar-refractivity contribution is 7.11. The Morgan fingerprint density at radius 3 is 2.71 bits per heavy atom. The number of hydrogen-bond acceptors (Lipinski definition) is 5. The van der Waals surface area contributed by atoms with Crippen molar-refractivity contribution in [1.29, 1.82) is 0 Å². The maximum Gasteiger partial charge on any atom is 0.0959 e. The third kappa shape index (κ3) is 3.57. The lowest BCUT2D eigenvalue weighted by atomic mass is 9.97. The molecule has 4 nitrogen and oxygen atoms in total. The van der Waals surface area contributed by atoms with Gasteiger partial charge in [-0.15, -0.1) is 11.3 Å². The normalized spacial score (nSPS) is 18.8. The van der Waals surface area contributed by atoms with E-state index in [-0.39, 0.29) is 0 Å². The number of nitrogens with one attached hydrogen (secondary N) is 1. The predicted octanol–water partition coefficient (Wildman–Crippen LogP) is 3.84. The smallest absolute Gasteiger partial charge is 0.0959 e. The Bertz CT molecular complexity index is 675. The molecule has 24 heavy (non-hydrogen) atoms. The molecule has 0 spiro atoms. The highest BCUT2D eigenvalue weighted by atomic mass is 32.1. The minimum Gasteiger partial charge on any atom is -0.396 e. The van der Waals surface area contributed by atoms with Crippen LogP contribution >= 0.6 is 11.3 Å². The van der Waals surface area contributed by atoms with E-state index in [4.69, 9.17) is 0 Å². The Morgan fingerprint density at radius 2 is 1.96 bits per heavy atom. The molecule has 128 valence electrons. The number of rotatable bonds is 6. The maximum absolute atomic E-state index is 9.32. The predicted molar refractivity (Wildman–Crippen MR) is 99.9 cm³/mol. The van der Waals surface area contributed by atoms with Gasteiger partial charge in [-0.3, -0.25) is 0 Å². The van der Waals surface area contributed by atoms with Gasteiger partial charge in [0.2, 0.25) is 0 Å². The number of benzene rings is 1. The zero-order valence-electron chi connectivity index (χ0n) is 13.9. The molecule has 1 aromatic carbocycles. The minimum absolute atomic E-state index is 0.322. The molecule has 1 aliphatic carbocycles. The molecule has 0 amide bonds. The van der Waals surface area contributed by atoms with Crippen LogP contribution in [0.2, 0.25) is 0 Å². The van der Waals surface area contributed by atoms with E-state index in [0.717, 1.165) is 38.4 Å². The number of para-hydroxylation sites is 2. The van der Waals surface area contributed by atoms with E-state index in [0.29, 0.717) is 12.5 Å². The first-order chi connectivity index (χ1) is 11.8. The summed E-state index contributed by atoms with van der Waals surface area (Å²) in [4.78, 5) is 8.32. The van der Waals surface area contributed by atoms with Gasteiger partial charge in [0, 0.05) is 36.7 Å². The van der Waals surface area contributed by atoms with Crippen LogP contribution in [0.15, 0.2) is 30.5 Å². The van der Waals surface area contributed by atoms with E-state index in [1.807, 2.05) is 17.5 Å². The molecule has 1 saturated heterocycles. The lowest BCUT2D eigenvalue weighted by Gasteiger charge is -2.34. The zero-order chi connectivity index (χ0) is 16.4. The number of anilines is 2. The van der Waals surface area contributed by atoms with Gasteiger partial charge >= 0.3 is 0 Å². The minimum atomic E-state index is 0.322. The van der Waals surface area contributed by atoms with Crippen LogP contribution in [-0.2, 0) is 6.54 Å². The van der Waals surface area contributed by atoms with Gasteiger partial charge in [0.05, 0.1) is 22.9 Å². The summed E-state index contributed by atoms with van der Waals surface area (Å²) in [6.07, 6.45) is 6.80. The van der Waals surface area contributed by atoms with Crippen LogP contribution < -0.4 is 10.2 Å². The molecule has 0 radical (unpaired) electrons. The van der Waals surface area contributed by atoms with Gasteiger partial charge in [-0.1, -0.05) is 12.1 Å². The summed E-state index contributed by atoms with van der Waals surface area (Å²) in [6.45, 7) is 3.21. The molecule has 1 aliphatic heterocycles. The molecule has 0 unspecified atom stereocenters. The quantitative estimate of drug-likeness (QED) is 0.837.